The minimum atomic E-state index is -0.732. The van der Waals surface area contributed by atoms with Crippen molar-refractivity contribution in [3.8, 4) is 0 Å². The summed E-state index contributed by atoms with van der Waals surface area (Å²) < 4.78 is 1.65. The number of benzene rings is 1. The summed E-state index contributed by atoms with van der Waals surface area (Å²) in [4.78, 5) is 41.5. The fraction of sp³-hybridized carbons (Fsp3) is 0.300. The van der Waals surface area contributed by atoms with Crippen molar-refractivity contribution in [1.29, 1.82) is 0 Å². The SMILES string of the molecule is Cc1cc(Br)cc(Br)c1C1C(=O)CC(CCNC(=O)c2ccccn2)C1=O. The first-order valence-electron chi connectivity index (χ1n) is 8.59. The van der Waals surface area contributed by atoms with Gasteiger partial charge in [0.25, 0.3) is 5.91 Å². The van der Waals surface area contributed by atoms with Gasteiger partial charge in [-0.3, -0.25) is 19.4 Å². The van der Waals surface area contributed by atoms with Crippen molar-refractivity contribution in [2.24, 2.45) is 5.92 Å². The van der Waals surface area contributed by atoms with Crippen LogP contribution in [0.4, 0.5) is 0 Å². The van der Waals surface area contributed by atoms with E-state index in [9.17, 15) is 14.4 Å². The van der Waals surface area contributed by atoms with Crippen LogP contribution >= 0.6 is 31.9 Å². The van der Waals surface area contributed by atoms with Crippen molar-refractivity contribution in [2.45, 2.75) is 25.7 Å². The molecule has 0 radical (unpaired) electrons. The predicted octanol–water partition coefficient (Wildman–Crippen LogP) is 3.98. The number of aryl methyl sites for hydroxylation is 1. The molecule has 2 unspecified atom stereocenters. The lowest BCUT2D eigenvalue weighted by Gasteiger charge is -2.15. The highest BCUT2D eigenvalue weighted by molar-refractivity contribution is 9.11. The largest absolute Gasteiger partial charge is 0.351 e. The van der Waals surface area contributed by atoms with E-state index in [1.165, 1.54) is 0 Å². The van der Waals surface area contributed by atoms with Crippen LogP contribution in [0.15, 0.2) is 45.5 Å². The molecule has 0 bridgehead atoms. The Balaban J connectivity index is 1.66. The summed E-state index contributed by atoms with van der Waals surface area (Å²) in [6.07, 6.45) is 2.20. The second kappa shape index (κ2) is 8.44. The molecule has 1 amide bonds. The van der Waals surface area contributed by atoms with Crippen molar-refractivity contribution in [3.63, 3.8) is 0 Å². The van der Waals surface area contributed by atoms with Crippen LogP contribution in [-0.4, -0.2) is 29.0 Å². The Kier molecular flexibility index (Phi) is 6.22. The van der Waals surface area contributed by atoms with Crippen LogP contribution in [0.3, 0.4) is 0 Å². The van der Waals surface area contributed by atoms with Crippen molar-refractivity contribution in [1.82, 2.24) is 10.3 Å². The smallest absolute Gasteiger partial charge is 0.269 e. The van der Waals surface area contributed by atoms with Crippen LogP contribution < -0.4 is 5.32 Å². The van der Waals surface area contributed by atoms with Gasteiger partial charge in [-0.2, -0.15) is 0 Å². The van der Waals surface area contributed by atoms with Crippen LogP contribution in [0.1, 0.15) is 40.4 Å². The molecule has 1 aromatic carbocycles. The number of nitrogens with zero attached hydrogens (tertiary/aromatic N) is 1. The number of ketones is 2. The topological polar surface area (TPSA) is 76.1 Å². The Bertz CT molecular complexity index is 876. The van der Waals surface area contributed by atoms with Crippen LogP contribution in [0.25, 0.3) is 0 Å². The van der Waals surface area contributed by atoms with Crippen molar-refractivity contribution in [2.75, 3.05) is 6.54 Å². The number of pyridine rings is 1. The number of carbonyl (C=O) groups is 3. The van der Waals surface area contributed by atoms with E-state index in [1.807, 2.05) is 19.1 Å². The van der Waals surface area contributed by atoms with Gasteiger partial charge >= 0.3 is 0 Å². The van der Waals surface area contributed by atoms with Gasteiger partial charge in [0.2, 0.25) is 0 Å². The predicted molar refractivity (Wildman–Crippen MR) is 109 cm³/mol. The van der Waals surface area contributed by atoms with E-state index in [1.54, 1.807) is 24.4 Å². The van der Waals surface area contributed by atoms with E-state index >= 15 is 0 Å². The zero-order valence-corrected chi connectivity index (χ0v) is 17.8. The van der Waals surface area contributed by atoms with E-state index in [0.29, 0.717) is 18.7 Å². The van der Waals surface area contributed by atoms with Crippen molar-refractivity contribution < 1.29 is 14.4 Å². The molecule has 5 nitrogen and oxygen atoms in total. The number of hydrogen-bond donors (Lipinski definition) is 1. The normalized spacial score (nSPS) is 19.4. The molecular weight excluding hydrogens is 476 g/mol. The molecule has 1 saturated carbocycles. The minimum absolute atomic E-state index is 0.0628. The fourth-order valence-electron chi connectivity index (χ4n) is 3.43. The lowest BCUT2D eigenvalue weighted by molar-refractivity contribution is -0.124. The van der Waals surface area contributed by atoms with Crippen LogP contribution in [0, 0.1) is 12.8 Å². The number of halogens is 2. The molecule has 7 heteroatoms. The molecule has 1 aliphatic carbocycles. The first kappa shape index (κ1) is 19.9. The van der Waals surface area contributed by atoms with Gasteiger partial charge in [-0.25, -0.2) is 0 Å². The van der Waals surface area contributed by atoms with Gasteiger partial charge in [0.05, 0.1) is 0 Å². The third-order valence-electron chi connectivity index (χ3n) is 4.72. The molecule has 27 heavy (non-hydrogen) atoms. The zero-order valence-electron chi connectivity index (χ0n) is 14.7. The molecule has 140 valence electrons. The van der Waals surface area contributed by atoms with Crippen molar-refractivity contribution >= 4 is 49.3 Å². The van der Waals surface area contributed by atoms with Gasteiger partial charge in [0, 0.05) is 34.0 Å². The maximum absolute atomic E-state index is 12.9. The Morgan fingerprint density at radius 3 is 2.70 bits per heavy atom. The number of carbonyl (C=O) groups excluding carboxylic acids is 3. The average molecular weight is 494 g/mol. The third kappa shape index (κ3) is 4.35. The van der Waals surface area contributed by atoms with E-state index in [-0.39, 0.29) is 29.8 Å². The molecule has 3 rings (SSSR count). The summed E-state index contributed by atoms with van der Waals surface area (Å²) in [6, 6.07) is 8.86. The van der Waals surface area contributed by atoms with Gasteiger partial charge in [0.1, 0.15) is 17.4 Å². The second-order valence-corrected chi connectivity index (χ2v) is 8.35. The number of rotatable bonds is 5. The maximum atomic E-state index is 12.9. The number of nitrogens with one attached hydrogen (secondary N) is 1. The third-order valence-corrected chi connectivity index (χ3v) is 5.84. The maximum Gasteiger partial charge on any atom is 0.269 e. The first-order valence-corrected chi connectivity index (χ1v) is 10.2. The van der Waals surface area contributed by atoms with Gasteiger partial charge in [-0.1, -0.05) is 37.9 Å². The Morgan fingerprint density at radius 1 is 1.26 bits per heavy atom. The van der Waals surface area contributed by atoms with E-state index in [0.717, 1.165) is 20.1 Å². The lowest BCUT2D eigenvalue weighted by Crippen LogP contribution is -2.27. The zero-order chi connectivity index (χ0) is 19.6. The summed E-state index contributed by atoms with van der Waals surface area (Å²) >= 11 is 6.90. The number of hydrogen-bond acceptors (Lipinski definition) is 4. The summed E-state index contributed by atoms with van der Waals surface area (Å²) in [7, 11) is 0. The molecule has 1 aliphatic rings. The van der Waals surface area contributed by atoms with E-state index < -0.39 is 5.92 Å². The van der Waals surface area contributed by atoms with Crippen molar-refractivity contribution in [3.05, 3.63) is 62.3 Å². The number of amides is 1. The molecule has 1 heterocycles. The highest BCUT2D eigenvalue weighted by Crippen LogP contribution is 2.39. The van der Waals surface area contributed by atoms with Gasteiger partial charge in [-0.15, -0.1) is 0 Å². The average Bonchev–Trinajstić information content (AvgIpc) is 2.89. The van der Waals surface area contributed by atoms with Crippen LogP contribution in [-0.2, 0) is 9.59 Å². The van der Waals surface area contributed by atoms with Crippen LogP contribution in [0.2, 0.25) is 0 Å². The molecule has 1 fully saturated rings. The summed E-state index contributed by atoms with van der Waals surface area (Å²) in [5.74, 6) is -1.52. The molecule has 0 aliphatic heterocycles. The monoisotopic (exact) mass is 492 g/mol. The lowest BCUT2D eigenvalue weighted by atomic mass is 9.90. The first-order chi connectivity index (χ1) is 12.9. The molecule has 0 spiro atoms. The molecular formula is C20H18Br2N2O3. The minimum Gasteiger partial charge on any atom is -0.351 e. The second-order valence-electron chi connectivity index (χ2n) is 6.58. The summed E-state index contributed by atoms with van der Waals surface area (Å²) in [5.41, 5.74) is 1.97. The molecule has 1 aromatic heterocycles. The number of aromatic nitrogens is 1. The van der Waals surface area contributed by atoms with Crippen LogP contribution in [0.5, 0.6) is 0 Å². The molecule has 2 aromatic rings. The Hall–Kier alpha value is -1.86. The Labute approximate surface area is 174 Å². The standard InChI is InChI=1S/C20H18Br2N2O3/c1-11-8-13(21)10-14(22)17(11)18-16(25)9-12(19(18)26)5-7-24-20(27)15-4-2-3-6-23-15/h2-4,6,8,10,12,18H,5,7,9H2,1H3,(H,24,27). The van der Waals surface area contributed by atoms with Gasteiger partial charge in [-0.05, 0) is 48.7 Å². The summed E-state index contributed by atoms with van der Waals surface area (Å²) in [5, 5.41) is 2.77. The summed E-state index contributed by atoms with van der Waals surface area (Å²) in [6.45, 7) is 2.22. The number of Topliss-reactive ketones (excluding diaryl/α,β-unsaturated/α-hetero) is 2. The van der Waals surface area contributed by atoms with E-state index in [4.69, 9.17) is 0 Å². The van der Waals surface area contributed by atoms with Gasteiger partial charge in [0.15, 0.2) is 5.78 Å². The quantitative estimate of drug-likeness (QED) is 0.639. The molecule has 2 atom stereocenters. The van der Waals surface area contributed by atoms with Gasteiger partial charge < -0.3 is 5.32 Å². The van der Waals surface area contributed by atoms with E-state index in [2.05, 4.69) is 42.2 Å². The fourth-order valence-corrected chi connectivity index (χ4v) is 5.10. The highest BCUT2D eigenvalue weighted by Gasteiger charge is 2.43. The molecule has 1 N–H and O–H groups in total. The Morgan fingerprint density at radius 2 is 2.04 bits per heavy atom. The highest BCUT2D eigenvalue weighted by atomic mass is 79.9. The molecule has 0 saturated heterocycles.